The van der Waals surface area contributed by atoms with Gasteiger partial charge in [0, 0.05) is 10.7 Å². The van der Waals surface area contributed by atoms with Crippen LogP contribution in [0.4, 0.5) is 10.5 Å². The number of amides is 2. The van der Waals surface area contributed by atoms with Crippen LogP contribution in [-0.2, 0) is 35.6 Å². The van der Waals surface area contributed by atoms with Gasteiger partial charge >= 0.3 is 6.03 Å². The molecule has 4 rings (SSSR count). The van der Waals surface area contributed by atoms with Crippen molar-refractivity contribution in [1.29, 1.82) is 5.26 Å². The van der Waals surface area contributed by atoms with Crippen LogP contribution >= 0.6 is 11.6 Å². The standard InChI is InChI=1S/C20H19ClN4O2S/c21-15-7-9-16(10-8-15)28(27,23-12-22)25-20(26)24-19-17-5-1-3-13(17)11-14-4-2-6-18(14)19/h7-11H,1-6H2,(H2,23,24,25,26,27). The first-order valence-electron chi connectivity index (χ1n) is 9.16. The number of carbonyl (C=O) groups excluding carboxylic acids is 1. The maximum atomic E-state index is 13.2. The Labute approximate surface area is 169 Å². The van der Waals surface area contributed by atoms with Crippen molar-refractivity contribution in [3.63, 3.8) is 0 Å². The number of benzene rings is 2. The van der Waals surface area contributed by atoms with Gasteiger partial charge in [0.1, 0.15) is 0 Å². The zero-order valence-corrected chi connectivity index (χ0v) is 16.7. The van der Waals surface area contributed by atoms with Gasteiger partial charge in [-0.3, -0.25) is 0 Å². The van der Waals surface area contributed by atoms with Gasteiger partial charge in [-0.15, -0.1) is 0 Å². The van der Waals surface area contributed by atoms with E-state index in [2.05, 4.69) is 20.5 Å². The highest BCUT2D eigenvalue weighted by Crippen LogP contribution is 2.38. The van der Waals surface area contributed by atoms with Crippen molar-refractivity contribution in [2.45, 2.75) is 43.4 Å². The summed E-state index contributed by atoms with van der Waals surface area (Å²) < 4.78 is 19.1. The van der Waals surface area contributed by atoms with Gasteiger partial charge in [-0.25, -0.2) is 13.7 Å². The van der Waals surface area contributed by atoms with E-state index in [9.17, 15) is 9.00 Å². The summed E-state index contributed by atoms with van der Waals surface area (Å²) in [5, 5.41) is 12.4. The molecule has 0 saturated heterocycles. The molecule has 2 aliphatic carbocycles. The summed E-state index contributed by atoms with van der Waals surface area (Å²) in [5.74, 6) is 0. The Morgan fingerprint density at radius 3 is 2.25 bits per heavy atom. The first-order valence-corrected chi connectivity index (χ1v) is 11.1. The largest absolute Gasteiger partial charge is 0.331 e. The summed E-state index contributed by atoms with van der Waals surface area (Å²) in [6, 6.07) is 7.71. The predicted molar refractivity (Wildman–Crippen MR) is 109 cm³/mol. The lowest BCUT2D eigenvalue weighted by Crippen LogP contribution is -2.34. The van der Waals surface area contributed by atoms with Crippen LogP contribution in [0.5, 0.6) is 0 Å². The molecule has 0 spiro atoms. The minimum absolute atomic E-state index is 0.220. The fourth-order valence-electron chi connectivity index (χ4n) is 4.04. The first-order chi connectivity index (χ1) is 13.5. The fraction of sp³-hybridized carbons (Fsp3) is 0.300. The highest BCUT2D eigenvalue weighted by Gasteiger charge is 2.26. The van der Waals surface area contributed by atoms with Gasteiger partial charge in [0.15, 0.2) is 9.92 Å². The number of carbonyl (C=O) groups is 1. The Morgan fingerprint density at radius 1 is 1.07 bits per heavy atom. The molecule has 0 bridgehead atoms. The monoisotopic (exact) mass is 414 g/mol. The average molecular weight is 415 g/mol. The van der Waals surface area contributed by atoms with E-state index in [0.29, 0.717) is 5.02 Å². The molecule has 144 valence electrons. The van der Waals surface area contributed by atoms with Gasteiger partial charge < -0.3 is 5.32 Å². The highest BCUT2D eigenvalue weighted by molar-refractivity contribution is 7.92. The van der Waals surface area contributed by atoms with E-state index in [4.69, 9.17) is 16.9 Å². The van der Waals surface area contributed by atoms with Gasteiger partial charge in [0.2, 0.25) is 6.19 Å². The minimum atomic E-state index is -3.44. The molecule has 2 aromatic rings. The highest BCUT2D eigenvalue weighted by atomic mass is 35.5. The molecular weight excluding hydrogens is 396 g/mol. The maximum absolute atomic E-state index is 13.2. The first kappa shape index (κ1) is 18.8. The van der Waals surface area contributed by atoms with E-state index in [0.717, 1.165) is 44.2 Å². The molecule has 0 radical (unpaired) electrons. The number of rotatable bonds is 3. The van der Waals surface area contributed by atoms with Gasteiger partial charge in [0.25, 0.3) is 0 Å². The molecular formula is C20H19ClN4O2S. The number of urea groups is 1. The van der Waals surface area contributed by atoms with E-state index >= 15 is 0 Å². The van der Waals surface area contributed by atoms with E-state index < -0.39 is 15.9 Å². The molecule has 1 atom stereocenters. The topological polar surface area (TPSA) is 94.3 Å². The third-order valence-electron chi connectivity index (χ3n) is 5.25. The van der Waals surface area contributed by atoms with E-state index in [1.165, 1.54) is 34.4 Å². The quantitative estimate of drug-likeness (QED) is 0.730. The summed E-state index contributed by atoms with van der Waals surface area (Å²) in [6.07, 6.45) is 7.57. The summed E-state index contributed by atoms with van der Waals surface area (Å²) >= 11 is 5.87. The van der Waals surface area contributed by atoms with Crippen molar-refractivity contribution >= 4 is 33.2 Å². The van der Waals surface area contributed by atoms with E-state index in [-0.39, 0.29) is 4.90 Å². The van der Waals surface area contributed by atoms with Gasteiger partial charge in [-0.1, -0.05) is 22.0 Å². The van der Waals surface area contributed by atoms with Crippen LogP contribution in [0.25, 0.3) is 0 Å². The number of nitrogens with one attached hydrogen (secondary N) is 2. The van der Waals surface area contributed by atoms with Crippen molar-refractivity contribution in [2.24, 2.45) is 4.36 Å². The van der Waals surface area contributed by atoms with Crippen LogP contribution < -0.4 is 10.0 Å². The van der Waals surface area contributed by atoms with Crippen molar-refractivity contribution in [1.82, 2.24) is 4.72 Å². The Bertz CT molecular complexity index is 1080. The lowest BCUT2D eigenvalue weighted by molar-refractivity contribution is 0.256. The van der Waals surface area contributed by atoms with Crippen molar-refractivity contribution < 1.29 is 9.00 Å². The normalized spacial score (nSPS) is 16.4. The Balaban J connectivity index is 1.65. The number of fused-ring (bicyclic) bond motifs is 2. The maximum Gasteiger partial charge on any atom is 0.331 e. The molecule has 2 aliphatic rings. The van der Waals surface area contributed by atoms with Crippen LogP contribution in [0.1, 0.15) is 35.1 Å². The molecule has 8 heteroatoms. The SMILES string of the molecule is N#CN=S(=O)(NC(=O)Nc1c2c(cc3c1CCC3)CCC2)c1ccc(Cl)cc1. The molecule has 0 aromatic heterocycles. The zero-order chi connectivity index (χ0) is 19.7. The van der Waals surface area contributed by atoms with Crippen molar-refractivity contribution in [2.75, 3.05) is 5.32 Å². The molecule has 2 amide bonds. The fourth-order valence-corrected chi connectivity index (χ4v) is 5.36. The Hall–Kier alpha value is -2.56. The third-order valence-corrected chi connectivity index (χ3v) is 7.21. The number of halogens is 1. The number of nitrogens with zero attached hydrogens (tertiary/aromatic N) is 2. The number of hydrogen-bond donors (Lipinski definition) is 2. The van der Waals surface area contributed by atoms with Gasteiger partial charge in [-0.2, -0.15) is 5.26 Å². The number of nitriles is 1. The molecule has 1 unspecified atom stereocenters. The van der Waals surface area contributed by atoms with E-state index in [1.54, 1.807) is 18.3 Å². The molecule has 28 heavy (non-hydrogen) atoms. The molecule has 2 aromatic carbocycles. The van der Waals surface area contributed by atoms with Crippen molar-refractivity contribution in [3.05, 3.63) is 57.6 Å². The Morgan fingerprint density at radius 2 is 1.68 bits per heavy atom. The molecule has 0 saturated carbocycles. The Kier molecular flexibility index (Phi) is 5.00. The molecule has 6 nitrogen and oxygen atoms in total. The van der Waals surface area contributed by atoms with Crippen molar-refractivity contribution in [3.8, 4) is 6.19 Å². The van der Waals surface area contributed by atoms with E-state index in [1.807, 2.05) is 0 Å². The second-order valence-corrected chi connectivity index (χ2v) is 9.31. The lowest BCUT2D eigenvalue weighted by atomic mass is 9.99. The van der Waals surface area contributed by atoms with Crippen LogP contribution in [0.3, 0.4) is 0 Å². The molecule has 0 heterocycles. The summed E-state index contributed by atoms with van der Waals surface area (Å²) in [5.41, 5.74) is 5.76. The lowest BCUT2D eigenvalue weighted by Gasteiger charge is -2.17. The molecule has 2 N–H and O–H groups in total. The summed E-state index contributed by atoms with van der Waals surface area (Å²) in [4.78, 5) is 13.0. The minimum Gasteiger partial charge on any atom is -0.307 e. The molecule has 0 aliphatic heterocycles. The number of aryl methyl sites for hydroxylation is 2. The summed E-state index contributed by atoms with van der Waals surface area (Å²) in [7, 11) is -3.44. The zero-order valence-electron chi connectivity index (χ0n) is 15.1. The van der Waals surface area contributed by atoms with Crippen LogP contribution in [0, 0.1) is 11.5 Å². The van der Waals surface area contributed by atoms with Crippen LogP contribution in [0.2, 0.25) is 5.02 Å². The second-order valence-electron chi connectivity index (χ2n) is 6.96. The number of anilines is 1. The number of hydrogen-bond acceptors (Lipinski definition) is 4. The molecule has 0 fully saturated rings. The van der Waals surface area contributed by atoms with Gasteiger partial charge in [-0.05, 0) is 85.0 Å². The van der Waals surface area contributed by atoms with Gasteiger partial charge in [0.05, 0.1) is 4.90 Å². The second kappa shape index (κ2) is 7.46. The van der Waals surface area contributed by atoms with Crippen LogP contribution in [-0.4, -0.2) is 10.2 Å². The smallest absolute Gasteiger partial charge is 0.307 e. The predicted octanol–water partition coefficient (Wildman–Crippen LogP) is 4.36. The average Bonchev–Trinajstić information content (AvgIpc) is 3.31. The van der Waals surface area contributed by atoms with Crippen LogP contribution in [0.15, 0.2) is 39.6 Å². The summed E-state index contributed by atoms with van der Waals surface area (Å²) in [6.45, 7) is 0. The third kappa shape index (κ3) is 3.46.